The van der Waals surface area contributed by atoms with Crippen LogP contribution in [0.1, 0.15) is 8.35 Å². The molecule has 0 aliphatic carbocycles. The lowest BCUT2D eigenvalue weighted by atomic mass is 10.4. The summed E-state index contributed by atoms with van der Waals surface area (Å²) in [4.78, 5) is 9.55. The molecule has 2 N–H and O–H groups in total. The zero-order chi connectivity index (χ0) is 5.15. The molecule has 0 saturated carbocycles. The first-order chi connectivity index (χ1) is 2.64. The standard InChI is InChI=1S/C3H6FNO.H2/c1-2(4)3(5)6;/h2H,1H3,(H2,5,6);1H. The van der Waals surface area contributed by atoms with E-state index in [9.17, 15) is 9.18 Å². The van der Waals surface area contributed by atoms with E-state index in [1.807, 2.05) is 0 Å². The van der Waals surface area contributed by atoms with Crippen LogP contribution in [-0.2, 0) is 4.79 Å². The van der Waals surface area contributed by atoms with Crippen LogP contribution in [0.3, 0.4) is 0 Å². The van der Waals surface area contributed by atoms with Crippen molar-refractivity contribution in [1.29, 1.82) is 0 Å². The Kier molecular flexibility index (Phi) is 1.57. The third-order valence-corrected chi connectivity index (χ3v) is 0.392. The first kappa shape index (κ1) is 5.40. The number of hydrogen-bond donors (Lipinski definition) is 1. The van der Waals surface area contributed by atoms with Crippen LogP contribution in [0.4, 0.5) is 4.39 Å². The van der Waals surface area contributed by atoms with E-state index in [2.05, 4.69) is 5.73 Å². The van der Waals surface area contributed by atoms with E-state index < -0.39 is 12.1 Å². The van der Waals surface area contributed by atoms with Gasteiger partial charge in [-0.25, -0.2) is 4.39 Å². The molecule has 3 heteroatoms. The first-order valence-electron chi connectivity index (χ1n) is 1.58. The predicted octanol–water partition coefficient (Wildman–Crippen LogP) is 0.0757. The van der Waals surface area contributed by atoms with Gasteiger partial charge in [-0.15, -0.1) is 0 Å². The van der Waals surface area contributed by atoms with Gasteiger partial charge in [0.2, 0.25) is 0 Å². The zero-order valence-electron chi connectivity index (χ0n) is 3.44. The van der Waals surface area contributed by atoms with Gasteiger partial charge in [-0.3, -0.25) is 4.79 Å². The summed E-state index contributed by atoms with van der Waals surface area (Å²) in [5.74, 6) is -0.907. The monoisotopic (exact) mass is 93.1 g/mol. The Hall–Kier alpha value is -0.600. The Morgan fingerprint density at radius 2 is 2.33 bits per heavy atom. The lowest BCUT2D eigenvalue weighted by Gasteiger charge is -1.86. The van der Waals surface area contributed by atoms with E-state index >= 15 is 0 Å². The molecule has 1 amide bonds. The van der Waals surface area contributed by atoms with Gasteiger partial charge in [-0.1, -0.05) is 0 Å². The van der Waals surface area contributed by atoms with Crippen LogP contribution in [-0.4, -0.2) is 12.1 Å². The maximum Gasteiger partial charge on any atom is 0.251 e. The second-order valence-electron chi connectivity index (χ2n) is 1.02. The maximum absolute atomic E-state index is 11.3. The van der Waals surface area contributed by atoms with Crippen molar-refractivity contribution in [2.45, 2.75) is 13.1 Å². The Bertz CT molecular complexity index is 66.0. The number of alkyl halides is 1. The number of primary amides is 1. The molecule has 0 aromatic carbocycles. The Morgan fingerprint density at radius 1 is 2.17 bits per heavy atom. The fraction of sp³-hybridized carbons (Fsp3) is 0.667. The minimum absolute atomic E-state index is 0. The average Bonchev–Trinajstić information content (AvgIpc) is 1.36. The molecule has 0 aromatic rings. The highest BCUT2D eigenvalue weighted by molar-refractivity contribution is 5.78. The van der Waals surface area contributed by atoms with E-state index in [0.717, 1.165) is 6.92 Å². The number of halogens is 1. The summed E-state index contributed by atoms with van der Waals surface area (Å²) in [6, 6.07) is 0. The lowest BCUT2D eigenvalue weighted by molar-refractivity contribution is -0.122. The van der Waals surface area contributed by atoms with Gasteiger partial charge in [0.1, 0.15) is 0 Å². The average molecular weight is 93.1 g/mol. The molecule has 1 unspecified atom stereocenters. The predicted molar refractivity (Wildman–Crippen MR) is 21.9 cm³/mol. The summed E-state index contributed by atoms with van der Waals surface area (Å²) in [6.45, 7) is 1.10. The molecule has 38 valence electrons. The Morgan fingerprint density at radius 3 is 2.33 bits per heavy atom. The van der Waals surface area contributed by atoms with Crippen molar-refractivity contribution in [2.75, 3.05) is 0 Å². The van der Waals surface area contributed by atoms with Crippen molar-refractivity contribution in [2.24, 2.45) is 5.73 Å². The molecule has 0 rings (SSSR count). The summed E-state index contributed by atoms with van der Waals surface area (Å²) in [5.41, 5.74) is 4.42. The highest BCUT2D eigenvalue weighted by atomic mass is 19.1. The van der Waals surface area contributed by atoms with Crippen molar-refractivity contribution in [3.63, 3.8) is 0 Å². The Balaban J connectivity index is 0. The number of rotatable bonds is 1. The SMILES string of the molecule is CC(F)C(N)=O.[HH]. The zero-order valence-corrected chi connectivity index (χ0v) is 3.44. The fourth-order valence-corrected chi connectivity index (χ4v) is 0. The fourth-order valence-electron chi connectivity index (χ4n) is 0. The third kappa shape index (κ3) is 1.69. The van der Waals surface area contributed by atoms with Crippen molar-refractivity contribution >= 4 is 5.91 Å². The highest BCUT2D eigenvalue weighted by Gasteiger charge is 2.01. The van der Waals surface area contributed by atoms with Gasteiger partial charge in [0.25, 0.3) is 5.91 Å². The van der Waals surface area contributed by atoms with Crippen LogP contribution in [0, 0.1) is 0 Å². The van der Waals surface area contributed by atoms with Crippen molar-refractivity contribution < 1.29 is 10.6 Å². The van der Waals surface area contributed by atoms with Gasteiger partial charge in [0.15, 0.2) is 6.17 Å². The van der Waals surface area contributed by atoms with Gasteiger partial charge in [0.05, 0.1) is 0 Å². The molecule has 2 nitrogen and oxygen atoms in total. The van der Waals surface area contributed by atoms with E-state index in [-0.39, 0.29) is 1.43 Å². The number of carbonyl (C=O) groups excluding carboxylic acids is 1. The van der Waals surface area contributed by atoms with Crippen molar-refractivity contribution in [1.82, 2.24) is 0 Å². The van der Waals surface area contributed by atoms with Crippen LogP contribution < -0.4 is 5.73 Å². The molecule has 6 heavy (non-hydrogen) atoms. The van der Waals surface area contributed by atoms with E-state index in [1.165, 1.54) is 0 Å². The summed E-state index contributed by atoms with van der Waals surface area (Å²) in [6.07, 6.45) is -1.51. The first-order valence-corrected chi connectivity index (χ1v) is 1.58. The highest BCUT2D eigenvalue weighted by Crippen LogP contribution is 1.80. The van der Waals surface area contributed by atoms with Crippen LogP contribution in [0.25, 0.3) is 0 Å². The number of nitrogens with two attached hydrogens (primary N) is 1. The molecule has 0 heterocycles. The summed E-state index contributed by atoms with van der Waals surface area (Å²) in [5, 5.41) is 0. The molecule has 0 saturated heterocycles. The molecular weight excluding hydrogens is 85.0 g/mol. The van der Waals surface area contributed by atoms with Crippen molar-refractivity contribution in [3.8, 4) is 0 Å². The second kappa shape index (κ2) is 1.74. The Labute approximate surface area is 36.6 Å². The quantitative estimate of drug-likeness (QED) is 0.490. The van der Waals surface area contributed by atoms with Gasteiger partial charge >= 0.3 is 0 Å². The lowest BCUT2D eigenvalue weighted by Crippen LogP contribution is -2.20. The third-order valence-electron chi connectivity index (χ3n) is 0.392. The minimum Gasteiger partial charge on any atom is -0.367 e. The second-order valence-corrected chi connectivity index (χ2v) is 1.02. The number of amides is 1. The number of carbonyl (C=O) groups is 1. The smallest absolute Gasteiger partial charge is 0.251 e. The molecule has 0 spiro atoms. The molecule has 0 bridgehead atoms. The van der Waals surface area contributed by atoms with E-state index in [1.54, 1.807) is 0 Å². The normalized spacial score (nSPS) is 13.7. The maximum atomic E-state index is 11.3. The van der Waals surface area contributed by atoms with Crippen LogP contribution in [0.15, 0.2) is 0 Å². The summed E-state index contributed by atoms with van der Waals surface area (Å²) in [7, 11) is 0. The van der Waals surface area contributed by atoms with Crippen LogP contribution in [0.2, 0.25) is 0 Å². The topological polar surface area (TPSA) is 43.1 Å². The van der Waals surface area contributed by atoms with Crippen LogP contribution in [0.5, 0.6) is 0 Å². The molecule has 0 radical (unpaired) electrons. The summed E-state index contributed by atoms with van der Waals surface area (Å²) >= 11 is 0. The largest absolute Gasteiger partial charge is 0.367 e. The van der Waals surface area contributed by atoms with Gasteiger partial charge in [-0.2, -0.15) is 0 Å². The van der Waals surface area contributed by atoms with Gasteiger partial charge in [0, 0.05) is 1.43 Å². The van der Waals surface area contributed by atoms with Crippen LogP contribution >= 0.6 is 0 Å². The molecule has 0 aliphatic rings. The van der Waals surface area contributed by atoms with Gasteiger partial charge in [-0.05, 0) is 6.92 Å². The number of hydrogen-bond acceptors (Lipinski definition) is 1. The van der Waals surface area contributed by atoms with Crippen molar-refractivity contribution in [3.05, 3.63) is 0 Å². The molecule has 0 fully saturated rings. The minimum atomic E-state index is -1.51. The van der Waals surface area contributed by atoms with E-state index in [0.29, 0.717) is 0 Å². The molecular formula is C3H8FNO. The summed E-state index contributed by atoms with van der Waals surface area (Å²) < 4.78 is 11.3. The van der Waals surface area contributed by atoms with E-state index in [4.69, 9.17) is 0 Å². The molecule has 1 atom stereocenters. The molecule has 0 aliphatic heterocycles. The van der Waals surface area contributed by atoms with Gasteiger partial charge < -0.3 is 5.73 Å². The molecule has 0 aromatic heterocycles.